The monoisotopic (exact) mass is 656 g/mol. The van der Waals surface area contributed by atoms with E-state index in [-0.39, 0.29) is 23.1 Å². The summed E-state index contributed by atoms with van der Waals surface area (Å²) in [6.45, 7) is 3.82. The Labute approximate surface area is 274 Å². The molecule has 1 atom stereocenters. The van der Waals surface area contributed by atoms with Gasteiger partial charge in [-0.05, 0) is 30.5 Å². The van der Waals surface area contributed by atoms with Crippen LogP contribution in [0.15, 0.2) is 58.3 Å². The van der Waals surface area contributed by atoms with Crippen molar-refractivity contribution >= 4 is 29.1 Å². The van der Waals surface area contributed by atoms with Gasteiger partial charge in [0.1, 0.15) is 17.9 Å². The summed E-state index contributed by atoms with van der Waals surface area (Å²) in [6.07, 6.45) is 2.64. The zero-order valence-electron chi connectivity index (χ0n) is 26.3. The highest BCUT2D eigenvalue weighted by molar-refractivity contribution is 6.36. The van der Waals surface area contributed by atoms with Crippen molar-refractivity contribution in [2.45, 2.75) is 31.3 Å². The quantitative estimate of drug-likeness (QED) is 0.322. The third-order valence-corrected chi connectivity index (χ3v) is 9.84. The zero-order chi connectivity index (χ0) is 33.2. The molecule has 0 unspecified atom stereocenters. The summed E-state index contributed by atoms with van der Waals surface area (Å²) in [6, 6.07) is 12.9. The van der Waals surface area contributed by atoms with Crippen molar-refractivity contribution in [2.24, 2.45) is 14.1 Å². The van der Waals surface area contributed by atoms with E-state index in [0.717, 1.165) is 46.3 Å². The molecule has 2 amide bonds. The first-order chi connectivity index (χ1) is 22.5. The summed E-state index contributed by atoms with van der Waals surface area (Å²) >= 11 is 7.08. The lowest BCUT2D eigenvalue weighted by atomic mass is 9.86. The van der Waals surface area contributed by atoms with Crippen LogP contribution in [-0.4, -0.2) is 63.2 Å². The first-order valence-electron chi connectivity index (χ1n) is 15.2. The second-order valence-electron chi connectivity index (χ2n) is 12.4. The number of fused-ring (bicyclic) bond motifs is 1. The number of benzene rings is 2. The highest BCUT2D eigenvalue weighted by atomic mass is 35.5. The highest BCUT2D eigenvalue weighted by Crippen LogP contribution is 2.48. The summed E-state index contributed by atoms with van der Waals surface area (Å²) in [5.41, 5.74) is 3.37. The van der Waals surface area contributed by atoms with Crippen molar-refractivity contribution < 1.29 is 19.1 Å². The number of likely N-dealkylation sites (tertiary alicyclic amines) is 1. The highest BCUT2D eigenvalue weighted by Gasteiger charge is 2.51. The number of carbonyl (C=O) groups is 2. The topological polar surface area (TPSA) is 137 Å². The lowest BCUT2D eigenvalue weighted by Gasteiger charge is -2.50. The Bertz CT molecular complexity index is 2100. The molecule has 0 bridgehead atoms. The SMILES string of the molecule is COc1nc(-c2cccc(-c3cccc(NC(=O)c4cn(C)c(=O)n(C)c4=O)c3C)c2Cl)cc2c1[C@@H](N1CC3(CCC(=O)N3)C1)CO2. The summed E-state index contributed by atoms with van der Waals surface area (Å²) in [5.74, 6) is 0.620. The van der Waals surface area contributed by atoms with Gasteiger partial charge in [0.25, 0.3) is 11.5 Å². The second-order valence-corrected chi connectivity index (χ2v) is 12.8. The smallest absolute Gasteiger partial charge is 0.330 e. The lowest BCUT2D eigenvalue weighted by molar-refractivity contribution is -0.121. The summed E-state index contributed by atoms with van der Waals surface area (Å²) < 4.78 is 14.0. The van der Waals surface area contributed by atoms with Gasteiger partial charge in [-0.25, -0.2) is 9.78 Å². The predicted molar refractivity (Wildman–Crippen MR) is 176 cm³/mol. The van der Waals surface area contributed by atoms with Crippen LogP contribution in [0.25, 0.3) is 22.4 Å². The molecule has 13 heteroatoms. The molecule has 3 aliphatic heterocycles. The average molecular weight is 657 g/mol. The Morgan fingerprint density at radius 2 is 1.83 bits per heavy atom. The number of nitrogens with zero attached hydrogens (tertiary/aromatic N) is 4. The molecule has 2 aromatic heterocycles. The fourth-order valence-corrected chi connectivity index (χ4v) is 7.21. The third-order valence-electron chi connectivity index (χ3n) is 9.43. The number of hydrogen-bond acceptors (Lipinski definition) is 8. The number of rotatable bonds is 6. The van der Waals surface area contributed by atoms with E-state index in [1.54, 1.807) is 19.2 Å². The van der Waals surface area contributed by atoms with Gasteiger partial charge in [-0.3, -0.25) is 23.9 Å². The molecule has 0 radical (unpaired) electrons. The van der Waals surface area contributed by atoms with Crippen LogP contribution >= 0.6 is 11.6 Å². The molecule has 2 aromatic carbocycles. The summed E-state index contributed by atoms with van der Waals surface area (Å²) in [7, 11) is 4.40. The van der Waals surface area contributed by atoms with Gasteiger partial charge in [-0.1, -0.05) is 41.9 Å². The molecule has 47 heavy (non-hydrogen) atoms. The van der Waals surface area contributed by atoms with E-state index in [0.29, 0.717) is 46.6 Å². The maximum Gasteiger partial charge on any atom is 0.330 e. The van der Waals surface area contributed by atoms with Crippen molar-refractivity contribution in [1.29, 1.82) is 0 Å². The standard InChI is InChI=1S/C34H33ClN6O6/c1-18-19(7-6-10-23(18)36-30(43)22-14-39(2)33(45)40(3)32(22)44)20-8-5-9-21(29(20)35)24-13-26-28(31(37-24)46-4)25(15-47-26)41-16-34(17-41)12-11-27(42)38-34/h5-10,13-14,25H,11-12,15-17H2,1-4H3,(H,36,43)(H,38,42)/t25-/m0/s1. The number of methoxy groups -OCH3 is 1. The zero-order valence-corrected chi connectivity index (χ0v) is 27.1. The second kappa shape index (κ2) is 11.4. The Morgan fingerprint density at radius 3 is 2.55 bits per heavy atom. The fraction of sp³-hybridized carbons (Fsp3) is 0.324. The third kappa shape index (κ3) is 5.08. The molecule has 4 aromatic rings. The molecule has 5 heterocycles. The lowest BCUT2D eigenvalue weighted by Crippen LogP contribution is -2.67. The van der Waals surface area contributed by atoms with Gasteiger partial charge >= 0.3 is 5.69 Å². The normalized spacial score (nSPS) is 18.0. The van der Waals surface area contributed by atoms with Gasteiger partial charge in [0.2, 0.25) is 11.8 Å². The number of aromatic nitrogens is 3. The summed E-state index contributed by atoms with van der Waals surface area (Å²) in [5, 5.41) is 6.41. The minimum atomic E-state index is -0.682. The van der Waals surface area contributed by atoms with E-state index >= 15 is 0 Å². The minimum absolute atomic E-state index is 0.0343. The van der Waals surface area contributed by atoms with Crippen LogP contribution < -0.4 is 31.4 Å². The number of halogens is 1. The number of hydrogen-bond donors (Lipinski definition) is 2. The first-order valence-corrected chi connectivity index (χ1v) is 15.6. The Hall–Kier alpha value is -4.94. The van der Waals surface area contributed by atoms with Gasteiger partial charge in [0.05, 0.1) is 35.0 Å². The Balaban J connectivity index is 1.18. The Morgan fingerprint density at radius 1 is 1.11 bits per heavy atom. The van der Waals surface area contributed by atoms with Crippen LogP contribution in [0.1, 0.15) is 40.4 Å². The van der Waals surface area contributed by atoms with E-state index in [9.17, 15) is 19.2 Å². The van der Waals surface area contributed by atoms with Gasteiger partial charge in [0.15, 0.2) is 0 Å². The molecule has 0 aliphatic carbocycles. The molecule has 3 aliphatic rings. The van der Waals surface area contributed by atoms with Crippen LogP contribution in [0.2, 0.25) is 5.02 Å². The maximum absolute atomic E-state index is 13.2. The molecule has 1 spiro atoms. The molecule has 2 N–H and O–H groups in total. The van der Waals surface area contributed by atoms with Crippen molar-refractivity contribution in [3.05, 3.63) is 91.2 Å². The van der Waals surface area contributed by atoms with E-state index in [4.69, 9.17) is 26.1 Å². The molecule has 2 saturated heterocycles. The van der Waals surface area contributed by atoms with Crippen molar-refractivity contribution in [1.82, 2.24) is 24.3 Å². The molecule has 0 saturated carbocycles. The molecule has 242 valence electrons. The maximum atomic E-state index is 13.2. The van der Waals surface area contributed by atoms with Crippen LogP contribution in [-0.2, 0) is 18.9 Å². The Kier molecular flexibility index (Phi) is 7.44. The van der Waals surface area contributed by atoms with Gasteiger partial charge < -0.3 is 24.7 Å². The predicted octanol–water partition coefficient (Wildman–Crippen LogP) is 3.43. The number of amides is 2. The van der Waals surface area contributed by atoms with Crippen molar-refractivity contribution in [3.63, 3.8) is 0 Å². The van der Waals surface area contributed by atoms with Crippen molar-refractivity contribution in [3.8, 4) is 34.0 Å². The number of nitrogens with one attached hydrogen (secondary N) is 2. The molecular weight excluding hydrogens is 624 g/mol. The van der Waals surface area contributed by atoms with Gasteiger partial charge in [-0.2, -0.15) is 0 Å². The van der Waals surface area contributed by atoms with E-state index < -0.39 is 17.2 Å². The molecule has 2 fully saturated rings. The van der Waals surface area contributed by atoms with Gasteiger partial charge in [-0.15, -0.1) is 0 Å². The van der Waals surface area contributed by atoms with Crippen LogP contribution in [0.3, 0.4) is 0 Å². The number of pyridine rings is 1. The van der Waals surface area contributed by atoms with E-state index in [1.807, 2.05) is 37.3 Å². The minimum Gasteiger partial charge on any atom is -0.491 e. The van der Waals surface area contributed by atoms with Crippen LogP contribution in [0.5, 0.6) is 11.6 Å². The summed E-state index contributed by atoms with van der Waals surface area (Å²) in [4.78, 5) is 56.9. The first kappa shape index (κ1) is 30.7. The van der Waals surface area contributed by atoms with E-state index in [2.05, 4.69) is 15.5 Å². The molecule has 7 rings (SSSR count). The number of anilines is 1. The average Bonchev–Trinajstić information content (AvgIpc) is 3.65. The van der Waals surface area contributed by atoms with E-state index in [1.165, 1.54) is 24.9 Å². The van der Waals surface area contributed by atoms with Crippen molar-refractivity contribution in [2.75, 3.05) is 32.1 Å². The van der Waals surface area contributed by atoms with Crippen LogP contribution in [0, 0.1) is 6.92 Å². The fourth-order valence-electron chi connectivity index (χ4n) is 6.89. The molecule has 12 nitrogen and oxygen atoms in total. The largest absolute Gasteiger partial charge is 0.491 e. The number of ether oxygens (including phenoxy) is 2. The van der Waals surface area contributed by atoms with Crippen LogP contribution in [0.4, 0.5) is 5.69 Å². The number of aryl methyl sites for hydroxylation is 1. The molecular formula is C34H33ClN6O6. The number of carbonyl (C=O) groups excluding carboxylic acids is 2. The van der Waals surface area contributed by atoms with Gasteiger partial charge in [0, 0.05) is 62.7 Å².